The molecule has 0 N–H and O–H groups in total. The van der Waals surface area contributed by atoms with Crippen molar-refractivity contribution in [1.82, 2.24) is 4.31 Å². The lowest BCUT2D eigenvalue weighted by atomic mass is 10.1. The molecule has 0 aliphatic rings. The van der Waals surface area contributed by atoms with Crippen LogP contribution in [-0.2, 0) is 14.8 Å². The lowest BCUT2D eigenvalue weighted by Crippen LogP contribution is -2.31. The molecule has 0 aromatic heterocycles. The lowest BCUT2D eigenvalue weighted by Gasteiger charge is -2.20. The van der Waals surface area contributed by atoms with Gasteiger partial charge in [0.25, 0.3) is 0 Å². The molecule has 0 saturated carbocycles. The van der Waals surface area contributed by atoms with Crippen LogP contribution in [0.2, 0.25) is 0 Å². The molecular formula is C20H21F2NO6S. The van der Waals surface area contributed by atoms with Gasteiger partial charge in [-0.1, -0.05) is 13.8 Å². The van der Waals surface area contributed by atoms with Crippen LogP contribution in [0.3, 0.4) is 0 Å². The minimum Gasteiger partial charge on any atom is -0.495 e. The maximum absolute atomic E-state index is 13.7. The van der Waals surface area contributed by atoms with Gasteiger partial charge in [0.15, 0.2) is 6.61 Å². The summed E-state index contributed by atoms with van der Waals surface area (Å²) in [4.78, 5) is 24.1. The Balaban J connectivity index is 2.26. The van der Waals surface area contributed by atoms with Gasteiger partial charge in [0.05, 0.1) is 18.2 Å². The molecule has 10 heteroatoms. The number of carbonyl (C=O) groups is 2. The summed E-state index contributed by atoms with van der Waals surface area (Å²) < 4.78 is 63.7. The van der Waals surface area contributed by atoms with Gasteiger partial charge in [0, 0.05) is 13.1 Å². The fourth-order valence-corrected chi connectivity index (χ4v) is 4.35. The zero-order valence-electron chi connectivity index (χ0n) is 16.6. The average molecular weight is 441 g/mol. The molecule has 0 amide bonds. The minimum absolute atomic E-state index is 0.0383. The Kier molecular flexibility index (Phi) is 7.63. The van der Waals surface area contributed by atoms with Crippen LogP contribution < -0.4 is 4.74 Å². The van der Waals surface area contributed by atoms with Gasteiger partial charge in [0.1, 0.15) is 22.3 Å². The zero-order valence-corrected chi connectivity index (χ0v) is 17.5. The molecule has 30 heavy (non-hydrogen) atoms. The average Bonchev–Trinajstić information content (AvgIpc) is 2.73. The van der Waals surface area contributed by atoms with Gasteiger partial charge in [-0.15, -0.1) is 0 Å². The summed E-state index contributed by atoms with van der Waals surface area (Å²) in [5, 5.41) is 0. The van der Waals surface area contributed by atoms with E-state index in [1.807, 2.05) is 0 Å². The summed E-state index contributed by atoms with van der Waals surface area (Å²) in [5.74, 6) is -3.66. The fraction of sp³-hybridized carbons (Fsp3) is 0.300. The first-order chi connectivity index (χ1) is 14.1. The Hall–Kier alpha value is -2.85. The largest absolute Gasteiger partial charge is 0.495 e. The predicted molar refractivity (Wildman–Crippen MR) is 104 cm³/mol. The van der Waals surface area contributed by atoms with Crippen molar-refractivity contribution in [2.45, 2.75) is 18.7 Å². The first-order valence-electron chi connectivity index (χ1n) is 8.99. The first-order valence-corrected chi connectivity index (χ1v) is 10.4. The molecule has 0 unspecified atom stereocenters. The molecule has 2 aromatic rings. The summed E-state index contributed by atoms with van der Waals surface area (Å²) in [5.41, 5.74) is -0.698. The first kappa shape index (κ1) is 23.4. The second-order valence-electron chi connectivity index (χ2n) is 6.08. The monoisotopic (exact) mass is 441 g/mol. The van der Waals surface area contributed by atoms with E-state index in [1.165, 1.54) is 23.5 Å². The standard InChI is InChI=1S/C20H21F2NO6S/c1-4-23(5-2)30(26,27)19-10-13(6-9-18(19)28-3)20(25)29-12-17(24)15-11-14(21)7-8-16(15)22/h6-11H,4-5,12H2,1-3H3. The van der Waals surface area contributed by atoms with Crippen molar-refractivity contribution in [3.8, 4) is 5.75 Å². The zero-order chi connectivity index (χ0) is 22.5. The number of Topliss-reactive ketones (excluding diaryl/α,β-unsaturated/α-hetero) is 1. The second-order valence-corrected chi connectivity index (χ2v) is 7.98. The molecule has 0 saturated heterocycles. The molecule has 162 valence electrons. The molecule has 0 fully saturated rings. The smallest absolute Gasteiger partial charge is 0.338 e. The highest BCUT2D eigenvalue weighted by Gasteiger charge is 2.27. The molecule has 0 atom stereocenters. The highest BCUT2D eigenvalue weighted by molar-refractivity contribution is 7.89. The third-order valence-electron chi connectivity index (χ3n) is 4.29. The number of ketones is 1. The maximum Gasteiger partial charge on any atom is 0.338 e. The summed E-state index contributed by atoms with van der Waals surface area (Å²) in [7, 11) is -2.65. The molecule has 0 bridgehead atoms. The van der Waals surface area contributed by atoms with E-state index in [9.17, 15) is 26.8 Å². The number of hydrogen-bond donors (Lipinski definition) is 0. The van der Waals surface area contributed by atoms with E-state index in [-0.39, 0.29) is 29.3 Å². The normalized spacial score (nSPS) is 11.4. The highest BCUT2D eigenvalue weighted by atomic mass is 32.2. The molecule has 0 aliphatic carbocycles. The van der Waals surface area contributed by atoms with E-state index in [0.717, 1.165) is 18.2 Å². The third kappa shape index (κ3) is 5.00. The van der Waals surface area contributed by atoms with E-state index in [2.05, 4.69) is 0 Å². The van der Waals surface area contributed by atoms with Crippen molar-refractivity contribution in [3.63, 3.8) is 0 Å². The fourth-order valence-electron chi connectivity index (χ4n) is 2.71. The minimum atomic E-state index is -3.94. The number of hydrogen-bond acceptors (Lipinski definition) is 6. The number of ether oxygens (including phenoxy) is 2. The Labute approximate surface area is 173 Å². The van der Waals surface area contributed by atoms with Crippen LogP contribution in [0.4, 0.5) is 8.78 Å². The Morgan fingerprint density at radius 3 is 2.30 bits per heavy atom. The van der Waals surface area contributed by atoms with Crippen LogP contribution in [0.1, 0.15) is 34.6 Å². The van der Waals surface area contributed by atoms with Crippen LogP contribution in [0, 0.1) is 11.6 Å². The number of esters is 1. The summed E-state index contributed by atoms with van der Waals surface area (Å²) in [6.07, 6.45) is 0. The molecule has 0 radical (unpaired) electrons. The predicted octanol–water partition coefficient (Wildman–Crippen LogP) is 3.04. The van der Waals surface area contributed by atoms with Gasteiger partial charge >= 0.3 is 5.97 Å². The van der Waals surface area contributed by atoms with Gasteiger partial charge in [-0.05, 0) is 36.4 Å². The highest BCUT2D eigenvalue weighted by Crippen LogP contribution is 2.28. The van der Waals surface area contributed by atoms with E-state index in [1.54, 1.807) is 13.8 Å². The van der Waals surface area contributed by atoms with Crippen molar-refractivity contribution < 1.29 is 36.3 Å². The third-order valence-corrected chi connectivity index (χ3v) is 6.36. The maximum atomic E-state index is 13.7. The van der Waals surface area contributed by atoms with Crippen molar-refractivity contribution in [2.24, 2.45) is 0 Å². The number of carbonyl (C=O) groups excluding carboxylic acids is 2. The molecular weight excluding hydrogens is 420 g/mol. The molecule has 0 spiro atoms. The van der Waals surface area contributed by atoms with Gasteiger partial charge in [-0.25, -0.2) is 22.0 Å². The van der Waals surface area contributed by atoms with E-state index in [4.69, 9.17) is 9.47 Å². The van der Waals surface area contributed by atoms with Gasteiger partial charge in [-0.3, -0.25) is 4.79 Å². The molecule has 0 aliphatic heterocycles. The molecule has 0 heterocycles. The van der Waals surface area contributed by atoms with E-state index >= 15 is 0 Å². The Bertz CT molecular complexity index is 1050. The van der Waals surface area contributed by atoms with Crippen LogP contribution in [0.15, 0.2) is 41.3 Å². The summed E-state index contributed by atoms with van der Waals surface area (Å²) >= 11 is 0. The number of methoxy groups -OCH3 is 1. The number of halogens is 2. The SMILES string of the molecule is CCN(CC)S(=O)(=O)c1cc(C(=O)OCC(=O)c2cc(F)ccc2F)ccc1OC. The quantitative estimate of drug-likeness (QED) is 0.439. The summed E-state index contributed by atoms with van der Waals surface area (Å²) in [6.45, 7) is 2.92. The number of nitrogens with zero attached hydrogens (tertiary/aromatic N) is 1. The second kappa shape index (κ2) is 9.77. The molecule has 2 rings (SSSR count). The van der Waals surface area contributed by atoms with E-state index < -0.39 is 45.6 Å². The number of rotatable bonds is 9. The van der Waals surface area contributed by atoms with Crippen molar-refractivity contribution in [3.05, 3.63) is 59.2 Å². The molecule has 2 aromatic carbocycles. The van der Waals surface area contributed by atoms with Gasteiger partial charge < -0.3 is 9.47 Å². The molecule has 7 nitrogen and oxygen atoms in total. The van der Waals surface area contributed by atoms with Crippen molar-refractivity contribution in [1.29, 1.82) is 0 Å². The number of sulfonamides is 1. The summed E-state index contributed by atoms with van der Waals surface area (Å²) in [6, 6.07) is 6.00. The lowest BCUT2D eigenvalue weighted by molar-refractivity contribution is 0.0473. The Morgan fingerprint density at radius 1 is 1.03 bits per heavy atom. The van der Waals surface area contributed by atoms with E-state index in [0.29, 0.717) is 6.07 Å². The van der Waals surface area contributed by atoms with Crippen LogP contribution in [0.25, 0.3) is 0 Å². The van der Waals surface area contributed by atoms with Crippen LogP contribution in [0.5, 0.6) is 5.75 Å². The van der Waals surface area contributed by atoms with Crippen LogP contribution in [-0.4, -0.2) is 51.3 Å². The van der Waals surface area contributed by atoms with Crippen molar-refractivity contribution >= 4 is 21.8 Å². The van der Waals surface area contributed by atoms with Gasteiger partial charge in [-0.2, -0.15) is 4.31 Å². The van der Waals surface area contributed by atoms with Crippen LogP contribution >= 0.6 is 0 Å². The van der Waals surface area contributed by atoms with Crippen molar-refractivity contribution in [2.75, 3.05) is 26.8 Å². The Morgan fingerprint density at radius 2 is 1.70 bits per heavy atom. The van der Waals surface area contributed by atoms with Gasteiger partial charge in [0.2, 0.25) is 15.8 Å². The topological polar surface area (TPSA) is 90.0 Å². The number of benzene rings is 2.